The monoisotopic (exact) mass is 520 g/mol. The van der Waals surface area contributed by atoms with Crippen LogP contribution < -0.4 is 16.0 Å². The largest absolute Gasteiger partial charge is 0.378 e. The maximum atomic E-state index is 14.7. The van der Waals surface area contributed by atoms with E-state index in [0.717, 1.165) is 35.1 Å². The second-order valence-corrected chi connectivity index (χ2v) is 9.33. The van der Waals surface area contributed by atoms with Gasteiger partial charge in [0, 0.05) is 47.6 Å². The molecule has 1 fully saturated rings. The van der Waals surface area contributed by atoms with Gasteiger partial charge in [0.05, 0.1) is 41.2 Å². The highest BCUT2D eigenvalue weighted by molar-refractivity contribution is 6.35. The normalized spacial score (nSPS) is 14.5. The van der Waals surface area contributed by atoms with Crippen molar-refractivity contribution in [3.63, 3.8) is 0 Å². The van der Waals surface area contributed by atoms with Gasteiger partial charge in [-0.2, -0.15) is 0 Å². The molecule has 0 unspecified atom stereocenters. The van der Waals surface area contributed by atoms with Crippen LogP contribution in [-0.4, -0.2) is 47.2 Å². The van der Waals surface area contributed by atoms with Gasteiger partial charge in [0.25, 0.3) is 0 Å². The van der Waals surface area contributed by atoms with Crippen LogP contribution in [-0.2, 0) is 4.74 Å². The Labute approximate surface area is 218 Å². The highest BCUT2D eigenvalue weighted by Crippen LogP contribution is 2.37. The van der Waals surface area contributed by atoms with Gasteiger partial charge < -0.3 is 20.7 Å². The van der Waals surface area contributed by atoms with Crippen molar-refractivity contribution in [3.05, 3.63) is 76.5 Å². The van der Waals surface area contributed by atoms with Crippen LogP contribution in [0.4, 0.5) is 16.0 Å². The molecule has 0 saturated carbocycles. The van der Waals surface area contributed by atoms with Crippen LogP contribution in [0.1, 0.15) is 34.6 Å². The number of nitrogens with zero attached hydrogens (tertiary/aromatic N) is 4. The van der Waals surface area contributed by atoms with E-state index in [9.17, 15) is 9.18 Å². The smallest absolute Gasteiger partial charge is 0.248 e. The number of primary amides is 1. The van der Waals surface area contributed by atoms with Gasteiger partial charge in [0.1, 0.15) is 5.82 Å². The molecule has 5 rings (SSSR count). The number of ether oxygens (including phenoxy) is 1. The summed E-state index contributed by atoms with van der Waals surface area (Å²) >= 11 is 6.70. The van der Waals surface area contributed by atoms with Crippen molar-refractivity contribution in [1.82, 2.24) is 15.0 Å². The number of carbonyl (C=O) groups is 1. The van der Waals surface area contributed by atoms with E-state index >= 15 is 0 Å². The maximum Gasteiger partial charge on any atom is 0.248 e. The molecule has 0 radical (unpaired) electrons. The van der Waals surface area contributed by atoms with E-state index in [1.165, 1.54) is 18.2 Å². The predicted molar refractivity (Wildman–Crippen MR) is 143 cm³/mol. The summed E-state index contributed by atoms with van der Waals surface area (Å²) in [6.07, 6.45) is 3.59. The van der Waals surface area contributed by atoms with Gasteiger partial charge in [-0.05, 0) is 49.7 Å². The van der Waals surface area contributed by atoms with Crippen LogP contribution in [0.5, 0.6) is 0 Å². The lowest BCUT2D eigenvalue weighted by Crippen LogP contribution is -2.37. The zero-order valence-electron chi connectivity index (χ0n) is 20.5. The van der Waals surface area contributed by atoms with E-state index in [4.69, 9.17) is 22.1 Å². The number of morpholine rings is 1. The first kappa shape index (κ1) is 24.9. The molecule has 1 aliphatic heterocycles. The van der Waals surface area contributed by atoms with Crippen LogP contribution in [0, 0.1) is 12.7 Å². The molecule has 1 atom stereocenters. The Morgan fingerprint density at radius 3 is 2.57 bits per heavy atom. The Morgan fingerprint density at radius 1 is 1.14 bits per heavy atom. The summed E-state index contributed by atoms with van der Waals surface area (Å²) < 4.78 is 20.1. The summed E-state index contributed by atoms with van der Waals surface area (Å²) in [5.74, 6) is -0.401. The van der Waals surface area contributed by atoms with E-state index < -0.39 is 17.8 Å². The van der Waals surface area contributed by atoms with Gasteiger partial charge in [-0.1, -0.05) is 17.7 Å². The lowest BCUT2D eigenvalue weighted by molar-refractivity contribution is 0.1000. The SMILES string of the molecule is Cc1nc2ccc(-c3cnc(N4CCOCC4)nc3)cc2c(N[C@H](C)c2cc(C(N)=O)ccc2F)c1Cl. The molecule has 190 valence electrons. The van der Waals surface area contributed by atoms with Crippen LogP contribution in [0.3, 0.4) is 0 Å². The molecule has 1 amide bonds. The van der Waals surface area contributed by atoms with E-state index in [2.05, 4.69) is 25.2 Å². The second-order valence-electron chi connectivity index (χ2n) is 8.96. The minimum absolute atomic E-state index is 0.231. The molecule has 0 spiro atoms. The number of aromatic nitrogens is 3. The molecule has 3 heterocycles. The van der Waals surface area contributed by atoms with E-state index in [1.54, 1.807) is 19.3 Å². The van der Waals surface area contributed by atoms with Gasteiger partial charge >= 0.3 is 0 Å². The fourth-order valence-corrected chi connectivity index (χ4v) is 4.60. The van der Waals surface area contributed by atoms with Crippen LogP contribution in [0.2, 0.25) is 5.02 Å². The number of aryl methyl sites for hydroxylation is 1. The molecule has 2 aromatic heterocycles. The molecular weight excluding hydrogens is 495 g/mol. The molecular formula is C27H26ClFN6O2. The lowest BCUT2D eigenvalue weighted by atomic mass is 10.0. The highest BCUT2D eigenvalue weighted by atomic mass is 35.5. The fraction of sp³-hybridized carbons (Fsp3) is 0.259. The Balaban J connectivity index is 1.51. The van der Waals surface area contributed by atoms with Crippen molar-refractivity contribution < 1.29 is 13.9 Å². The Bertz CT molecular complexity index is 1470. The first-order valence-corrected chi connectivity index (χ1v) is 12.3. The number of amides is 1. The number of rotatable bonds is 6. The molecule has 4 aromatic rings. The van der Waals surface area contributed by atoms with Gasteiger partial charge in [0.15, 0.2) is 0 Å². The molecule has 8 nitrogen and oxygen atoms in total. The third-order valence-corrected chi connectivity index (χ3v) is 6.93. The number of hydrogen-bond donors (Lipinski definition) is 2. The Kier molecular flexibility index (Phi) is 6.90. The van der Waals surface area contributed by atoms with Crippen molar-refractivity contribution in [2.24, 2.45) is 5.73 Å². The number of fused-ring (bicyclic) bond motifs is 1. The minimum atomic E-state index is -0.622. The first-order chi connectivity index (χ1) is 17.8. The number of carbonyl (C=O) groups excluding carboxylic acids is 1. The van der Waals surface area contributed by atoms with Crippen LogP contribution in [0.15, 0.2) is 48.8 Å². The molecule has 37 heavy (non-hydrogen) atoms. The predicted octanol–water partition coefficient (Wildman–Crippen LogP) is 4.90. The highest BCUT2D eigenvalue weighted by Gasteiger charge is 2.19. The molecule has 1 aliphatic rings. The quantitative estimate of drug-likeness (QED) is 0.372. The minimum Gasteiger partial charge on any atom is -0.378 e. The second kappa shape index (κ2) is 10.3. The Morgan fingerprint density at radius 2 is 1.86 bits per heavy atom. The molecule has 2 aromatic carbocycles. The van der Waals surface area contributed by atoms with Crippen LogP contribution >= 0.6 is 11.6 Å². The summed E-state index contributed by atoms with van der Waals surface area (Å²) in [5, 5.41) is 4.53. The van der Waals surface area contributed by atoms with E-state index in [-0.39, 0.29) is 5.56 Å². The van der Waals surface area contributed by atoms with Gasteiger partial charge in [0.2, 0.25) is 11.9 Å². The standard InChI is InChI=1S/C27H26ClFN6O2/c1-15(20-12-18(26(30)36)3-5-22(20)29)34-25-21-11-17(4-6-23(21)33-16(2)24(25)28)19-13-31-27(32-14-19)35-7-9-37-10-8-35/h3-6,11-15H,7-10H2,1-2H3,(H2,30,36)(H,33,34)/t15-/m1/s1. The number of halogens is 2. The number of benzene rings is 2. The van der Waals surface area contributed by atoms with Crippen molar-refractivity contribution in [2.45, 2.75) is 19.9 Å². The van der Waals surface area contributed by atoms with Gasteiger partial charge in [-0.15, -0.1) is 0 Å². The number of pyridine rings is 1. The third kappa shape index (κ3) is 5.05. The summed E-state index contributed by atoms with van der Waals surface area (Å²) in [6.45, 7) is 6.45. The number of anilines is 2. The summed E-state index contributed by atoms with van der Waals surface area (Å²) in [7, 11) is 0. The lowest BCUT2D eigenvalue weighted by Gasteiger charge is -2.26. The van der Waals surface area contributed by atoms with Gasteiger partial charge in [-0.25, -0.2) is 14.4 Å². The molecule has 0 aliphatic carbocycles. The summed E-state index contributed by atoms with van der Waals surface area (Å²) in [4.78, 5) is 27.5. The maximum absolute atomic E-state index is 14.7. The number of hydrogen-bond acceptors (Lipinski definition) is 7. The molecule has 10 heteroatoms. The number of nitrogens with one attached hydrogen (secondary N) is 1. The summed E-state index contributed by atoms with van der Waals surface area (Å²) in [5.41, 5.74) is 9.66. The van der Waals surface area contributed by atoms with Crippen LogP contribution in [0.25, 0.3) is 22.0 Å². The first-order valence-electron chi connectivity index (χ1n) is 11.9. The average Bonchev–Trinajstić information content (AvgIpc) is 2.91. The zero-order valence-corrected chi connectivity index (χ0v) is 21.2. The van der Waals surface area contributed by atoms with Crippen molar-refractivity contribution in [3.8, 4) is 11.1 Å². The van der Waals surface area contributed by atoms with E-state index in [0.29, 0.717) is 41.1 Å². The Hall–Kier alpha value is -3.82. The zero-order chi connectivity index (χ0) is 26.1. The fourth-order valence-electron chi connectivity index (χ4n) is 4.40. The molecule has 1 saturated heterocycles. The number of nitrogens with two attached hydrogens (primary N) is 1. The van der Waals surface area contributed by atoms with Crippen molar-refractivity contribution >= 4 is 40.0 Å². The molecule has 0 bridgehead atoms. The summed E-state index contributed by atoms with van der Waals surface area (Å²) in [6, 6.07) is 9.38. The van der Waals surface area contributed by atoms with Crippen molar-refractivity contribution in [1.29, 1.82) is 0 Å². The van der Waals surface area contributed by atoms with E-state index in [1.807, 2.05) is 25.1 Å². The topological polar surface area (TPSA) is 106 Å². The third-order valence-electron chi connectivity index (χ3n) is 6.46. The van der Waals surface area contributed by atoms with Crippen molar-refractivity contribution in [2.75, 3.05) is 36.5 Å². The average molecular weight is 521 g/mol. The molecule has 3 N–H and O–H groups in total. The van der Waals surface area contributed by atoms with Gasteiger partial charge in [-0.3, -0.25) is 9.78 Å².